The van der Waals surface area contributed by atoms with Gasteiger partial charge in [0.25, 0.3) is 0 Å². The second-order valence-electron chi connectivity index (χ2n) is 6.29. The third-order valence-electron chi connectivity index (χ3n) is 4.44. The zero-order valence-electron chi connectivity index (χ0n) is 15.7. The first-order valence-electron chi connectivity index (χ1n) is 8.94. The smallest absolute Gasteiger partial charge is 0.387 e. The van der Waals surface area contributed by atoms with Crippen LogP contribution in [0.1, 0.15) is 18.1 Å². The Bertz CT molecular complexity index is 931. The molecule has 152 valence electrons. The van der Waals surface area contributed by atoms with Gasteiger partial charge in [0.2, 0.25) is 5.91 Å². The van der Waals surface area contributed by atoms with Gasteiger partial charge in [-0.1, -0.05) is 18.2 Å². The van der Waals surface area contributed by atoms with E-state index < -0.39 is 12.5 Å². The second kappa shape index (κ2) is 9.18. The molecule has 6 nitrogen and oxygen atoms in total. The first kappa shape index (κ1) is 20.3. The highest BCUT2D eigenvalue weighted by atomic mass is 19.3. The van der Waals surface area contributed by atoms with Gasteiger partial charge in [-0.05, 0) is 49.2 Å². The molecule has 2 aromatic carbocycles. The van der Waals surface area contributed by atoms with Crippen molar-refractivity contribution in [3.05, 3.63) is 59.7 Å². The molecule has 8 heteroatoms. The number of amides is 1. The summed E-state index contributed by atoms with van der Waals surface area (Å²) in [6.07, 6.45) is 2.81. The lowest BCUT2D eigenvalue weighted by molar-refractivity contribution is -0.121. The van der Waals surface area contributed by atoms with Gasteiger partial charge in [-0.2, -0.15) is 8.78 Å². The van der Waals surface area contributed by atoms with E-state index in [1.165, 1.54) is 12.1 Å². The number of fused-ring (bicyclic) bond motifs is 1. The van der Waals surface area contributed by atoms with Gasteiger partial charge in [0.05, 0.1) is 11.6 Å². The van der Waals surface area contributed by atoms with E-state index in [2.05, 4.69) is 10.1 Å². The number of hydrogen-bond donors (Lipinski definition) is 2. The molecule has 2 N–H and O–H groups in total. The maximum absolute atomic E-state index is 12.9. The molecule has 1 heterocycles. The third kappa shape index (κ3) is 4.90. The highest BCUT2D eigenvalue weighted by Crippen LogP contribution is 2.32. The van der Waals surface area contributed by atoms with Crippen LogP contribution in [-0.2, 0) is 16.0 Å². The number of carbonyl (C=O) groups is 1. The minimum absolute atomic E-state index is 0.114. The van der Waals surface area contributed by atoms with Gasteiger partial charge in [-0.25, -0.2) is 0 Å². The minimum Gasteiger partial charge on any atom is -0.492 e. The average molecular weight is 402 g/mol. The van der Waals surface area contributed by atoms with Crippen LogP contribution in [0.5, 0.6) is 11.5 Å². The number of benzene rings is 2. The minimum atomic E-state index is -3.07. The van der Waals surface area contributed by atoms with Crippen LogP contribution in [0.3, 0.4) is 0 Å². The molecule has 0 saturated heterocycles. The van der Waals surface area contributed by atoms with Crippen LogP contribution < -0.4 is 14.8 Å². The monoisotopic (exact) mass is 402 g/mol. The van der Waals surface area contributed by atoms with Crippen molar-refractivity contribution in [3.63, 3.8) is 0 Å². The van der Waals surface area contributed by atoms with Crippen molar-refractivity contribution >= 4 is 23.8 Å². The van der Waals surface area contributed by atoms with Crippen molar-refractivity contribution in [2.45, 2.75) is 20.0 Å². The molecular weight excluding hydrogens is 382 g/mol. The van der Waals surface area contributed by atoms with E-state index in [-0.39, 0.29) is 24.0 Å². The predicted octanol–water partition coefficient (Wildman–Crippen LogP) is 4.46. The van der Waals surface area contributed by atoms with Crippen LogP contribution in [0.4, 0.5) is 14.5 Å². The number of halogens is 2. The summed E-state index contributed by atoms with van der Waals surface area (Å²) >= 11 is 0. The molecule has 0 saturated carbocycles. The zero-order valence-corrected chi connectivity index (χ0v) is 15.7. The van der Waals surface area contributed by atoms with Crippen molar-refractivity contribution in [1.29, 1.82) is 5.41 Å². The van der Waals surface area contributed by atoms with Crippen LogP contribution >= 0.6 is 0 Å². The molecule has 1 amide bonds. The van der Waals surface area contributed by atoms with E-state index in [9.17, 15) is 13.6 Å². The van der Waals surface area contributed by atoms with E-state index in [0.717, 1.165) is 17.7 Å². The van der Waals surface area contributed by atoms with Crippen molar-refractivity contribution < 1.29 is 27.8 Å². The number of alkyl halides is 2. The molecule has 0 radical (unpaired) electrons. The summed E-state index contributed by atoms with van der Waals surface area (Å²) in [5.74, 6) is 0.0302. The molecule has 0 bridgehead atoms. The maximum Gasteiger partial charge on any atom is 0.387 e. The lowest BCUT2D eigenvalue weighted by Crippen LogP contribution is -2.32. The summed E-state index contributed by atoms with van der Waals surface area (Å²) in [7, 11) is 0. The summed E-state index contributed by atoms with van der Waals surface area (Å²) in [4.78, 5) is 12.7. The van der Waals surface area contributed by atoms with Gasteiger partial charge in [0.15, 0.2) is 6.40 Å². The Kier molecular flexibility index (Phi) is 6.43. The number of rotatable bonds is 7. The topological polar surface area (TPSA) is 80.6 Å². The largest absolute Gasteiger partial charge is 0.492 e. The van der Waals surface area contributed by atoms with Crippen LogP contribution in [0.15, 0.2) is 48.5 Å². The molecule has 0 fully saturated rings. The van der Waals surface area contributed by atoms with E-state index >= 15 is 0 Å². The fraction of sp³-hybridized carbons (Fsp3) is 0.238. The summed E-state index contributed by atoms with van der Waals surface area (Å²) in [6, 6.07) is 11.8. The number of para-hydroxylation sites is 1. The Morgan fingerprint density at radius 1 is 1.31 bits per heavy atom. The normalized spacial score (nSPS) is 15.9. The number of carbonyl (C=O) groups excluding carboxylic acids is 1. The highest BCUT2D eigenvalue weighted by Gasteiger charge is 2.27. The molecule has 0 aliphatic carbocycles. The van der Waals surface area contributed by atoms with Gasteiger partial charge >= 0.3 is 6.61 Å². The van der Waals surface area contributed by atoms with Gasteiger partial charge in [0.1, 0.15) is 23.9 Å². The Hall–Kier alpha value is -3.42. The summed E-state index contributed by atoms with van der Waals surface area (Å²) in [5.41, 5.74) is 1.46. The first-order chi connectivity index (χ1) is 14.0. The van der Waals surface area contributed by atoms with Crippen LogP contribution in [0, 0.1) is 11.3 Å². The SMILES string of the molecule is C/C=C(\OC=N)c1ccc(NC(=O)C2COc3ccccc3C2)c(OC(F)F)c1. The quantitative estimate of drug-likeness (QED) is 0.407. The number of nitrogens with one attached hydrogen (secondary N) is 2. The molecule has 0 spiro atoms. The molecule has 1 aliphatic rings. The molecule has 1 aliphatic heterocycles. The second-order valence-corrected chi connectivity index (χ2v) is 6.29. The summed E-state index contributed by atoms with van der Waals surface area (Å²) in [5, 5.41) is 9.69. The van der Waals surface area contributed by atoms with E-state index in [1.807, 2.05) is 24.3 Å². The molecule has 2 aromatic rings. The summed E-state index contributed by atoms with van der Waals surface area (Å²) in [6.45, 7) is -1.19. The van der Waals surface area contributed by atoms with E-state index in [1.54, 1.807) is 19.1 Å². The van der Waals surface area contributed by atoms with Crippen molar-refractivity contribution in [1.82, 2.24) is 0 Å². The van der Waals surface area contributed by atoms with Crippen molar-refractivity contribution in [2.24, 2.45) is 5.92 Å². The Morgan fingerprint density at radius 3 is 2.83 bits per heavy atom. The lowest BCUT2D eigenvalue weighted by atomic mass is 9.96. The Morgan fingerprint density at radius 2 is 2.10 bits per heavy atom. The van der Waals surface area contributed by atoms with Crippen LogP contribution in [0.25, 0.3) is 5.76 Å². The number of allylic oxidation sites excluding steroid dienone is 1. The van der Waals surface area contributed by atoms with Crippen LogP contribution in [0.2, 0.25) is 0 Å². The van der Waals surface area contributed by atoms with Crippen molar-refractivity contribution in [2.75, 3.05) is 11.9 Å². The van der Waals surface area contributed by atoms with E-state index in [4.69, 9.17) is 14.9 Å². The van der Waals surface area contributed by atoms with Gasteiger partial charge in [-0.15, -0.1) is 0 Å². The zero-order chi connectivity index (χ0) is 20.8. The fourth-order valence-corrected chi connectivity index (χ4v) is 3.07. The van der Waals surface area contributed by atoms with Gasteiger partial charge < -0.3 is 19.5 Å². The van der Waals surface area contributed by atoms with E-state index in [0.29, 0.717) is 17.7 Å². The Labute approximate surface area is 166 Å². The summed E-state index contributed by atoms with van der Waals surface area (Å²) < 4.78 is 41.0. The molecule has 1 atom stereocenters. The lowest BCUT2D eigenvalue weighted by Gasteiger charge is -2.25. The number of anilines is 1. The molecular formula is C21H20F2N2O4. The predicted molar refractivity (Wildman–Crippen MR) is 104 cm³/mol. The standard InChI is InChI=1S/C21H20F2N2O4/c1-2-17(28-12-24)14-7-8-16(19(10-14)29-21(22)23)25-20(26)15-9-13-5-3-4-6-18(13)27-11-15/h2-8,10,12,15,21,24H,9,11H2,1H3,(H,25,26)/b17-2-,24-12?. The molecule has 3 rings (SSSR count). The van der Waals surface area contributed by atoms with Crippen molar-refractivity contribution in [3.8, 4) is 11.5 Å². The van der Waals surface area contributed by atoms with Gasteiger partial charge in [-0.3, -0.25) is 10.2 Å². The molecule has 0 aromatic heterocycles. The van der Waals surface area contributed by atoms with Crippen LogP contribution in [-0.4, -0.2) is 25.5 Å². The fourth-order valence-electron chi connectivity index (χ4n) is 3.07. The first-order valence-corrected chi connectivity index (χ1v) is 8.94. The van der Waals surface area contributed by atoms with Gasteiger partial charge in [0, 0.05) is 5.56 Å². The highest BCUT2D eigenvalue weighted by molar-refractivity contribution is 5.94. The Balaban J connectivity index is 1.80. The number of ether oxygens (including phenoxy) is 3. The molecule has 1 unspecified atom stereocenters. The maximum atomic E-state index is 12.9. The number of hydrogen-bond acceptors (Lipinski definition) is 5. The average Bonchev–Trinajstić information content (AvgIpc) is 2.72. The molecule has 29 heavy (non-hydrogen) atoms. The third-order valence-corrected chi connectivity index (χ3v) is 4.44.